The summed E-state index contributed by atoms with van der Waals surface area (Å²) < 4.78 is 7.86. The van der Waals surface area contributed by atoms with Crippen molar-refractivity contribution in [1.29, 1.82) is 0 Å². The third-order valence-corrected chi connectivity index (χ3v) is 5.80. The number of para-hydroxylation sites is 1. The summed E-state index contributed by atoms with van der Waals surface area (Å²) >= 11 is 13.7. The SMILES string of the molecule is Cc1ccccc1-n1c(SCCOc2ccc(Cl)cc2Cl)nnc1-c1cccnc1. The second-order valence-electron chi connectivity index (χ2n) is 6.44. The van der Waals surface area contributed by atoms with E-state index in [-0.39, 0.29) is 0 Å². The van der Waals surface area contributed by atoms with Gasteiger partial charge in [-0.25, -0.2) is 0 Å². The highest BCUT2D eigenvalue weighted by molar-refractivity contribution is 7.99. The van der Waals surface area contributed by atoms with Gasteiger partial charge in [0.2, 0.25) is 0 Å². The predicted octanol–water partition coefficient (Wildman–Crippen LogP) is 6.12. The molecule has 2 heterocycles. The van der Waals surface area contributed by atoms with Crippen LogP contribution in [0.25, 0.3) is 17.1 Å². The van der Waals surface area contributed by atoms with Gasteiger partial charge >= 0.3 is 0 Å². The van der Waals surface area contributed by atoms with E-state index in [0.29, 0.717) is 28.2 Å². The van der Waals surface area contributed by atoms with Crippen LogP contribution in [0.15, 0.2) is 72.1 Å². The molecule has 0 N–H and O–H groups in total. The molecule has 0 amide bonds. The molecular weight excluding hydrogens is 439 g/mol. The summed E-state index contributed by atoms with van der Waals surface area (Å²) in [4.78, 5) is 4.22. The van der Waals surface area contributed by atoms with Gasteiger partial charge < -0.3 is 4.74 Å². The van der Waals surface area contributed by atoms with Gasteiger partial charge in [-0.1, -0.05) is 53.2 Å². The molecule has 0 aliphatic rings. The first-order valence-electron chi connectivity index (χ1n) is 9.26. The number of aromatic nitrogens is 4. The van der Waals surface area contributed by atoms with Gasteiger partial charge in [0.05, 0.1) is 17.3 Å². The van der Waals surface area contributed by atoms with Crippen molar-refractivity contribution in [3.8, 4) is 22.8 Å². The topological polar surface area (TPSA) is 52.8 Å². The Kier molecular flexibility index (Phi) is 6.57. The van der Waals surface area contributed by atoms with Crippen molar-refractivity contribution in [2.24, 2.45) is 0 Å². The summed E-state index contributed by atoms with van der Waals surface area (Å²) in [5.41, 5.74) is 3.07. The fourth-order valence-electron chi connectivity index (χ4n) is 2.95. The lowest BCUT2D eigenvalue weighted by molar-refractivity contribution is 0.344. The minimum Gasteiger partial charge on any atom is -0.491 e. The summed E-state index contributed by atoms with van der Waals surface area (Å²) in [5, 5.41) is 10.7. The maximum atomic E-state index is 6.17. The van der Waals surface area contributed by atoms with Crippen LogP contribution < -0.4 is 4.74 Å². The van der Waals surface area contributed by atoms with Crippen LogP contribution in [0.5, 0.6) is 5.75 Å². The molecule has 0 spiro atoms. The molecule has 0 radical (unpaired) electrons. The van der Waals surface area contributed by atoms with E-state index in [1.165, 1.54) is 0 Å². The van der Waals surface area contributed by atoms with Crippen LogP contribution in [-0.2, 0) is 0 Å². The Labute approximate surface area is 189 Å². The lowest BCUT2D eigenvalue weighted by Gasteiger charge is -2.13. The lowest BCUT2D eigenvalue weighted by Crippen LogP contribution is -2.05. The van der Waals surface area contributed by atoms with Crippen molar-refractivity contribution in [2.75, 3.05) is 12.4 Å². The molecule has 30 heavy (non-hydrogen) atoms. The molecule has 4 rings (SSSR count). The van der Waals surface area contributed by atoms with Crippen molar-refractivity contribution in [2.45, 2.75) is 12.1 Å². The second kappa shape index (κ2) is 9.51. The van der Waals surface area contributed by atoms with Crippen molar-refractivity contribution in [1.82, 2.24) is 19.7 Å². The standard InChI is InChI=1S/C22H18Cl2N4OS/c1-15-5-2-3-7-19(15)28-21(16-6-4-10-25-14-16)26-27-22(28)30-12-11-29-20-9-8-17(23)13-18(20)24/h2-10,13-14H,11-12H2,1H3. The number of aryl methyl sites for hydroxylation is 1. The summed E-state index contributed by atoms with van der Waals surface area (Å²) in [6, 6.07) is 17.2. The molecule has 5 nitrogen and oxygen atoms in total. The van der Waals surface area contributed by atoms with Crippen molar-refractivity contribution < 1.29 is 4.74 Å². The lowest BCUT2D eigenvalue weighted by atomic mass is 10.2. The van der Waals surface area contributed by atoms with Crippen LogP contribution >= 0.6 is 35.0 Å². The zero-order valence-electron chi connectivity index (χ0n) is 16.1. The molecule has 0 unspecified atom stereocenters. The first kappa shape index (κ1) is 20.7. The number of hydrogen-bond donors (Lipinski definition) is 0. The van der Waals surface area contributed by atoms with E-state index in [1.54, 1.807) is 42.4 Å². The van der Waals surface area contributed by atoms with Crippen LogP contribution in [-0.4, -0.2) is 32.1 Å². The largest absolute Gasteiger partial charge is 0.491 e. The van der Waals surface area contributed by atoms with Crippen LogP contribution in [0.3, 0.4) is 0 Å². The fourth-order valence-corrected chi connectivity index (χ4v) is 4.18. The van der Waals surface area contributed by atoms with Gasteiger partial charge in [-0.2, -0.15) is 0 Å². The second-order valence-corrected chi connectivity index (χ2v) is 8.35. The summed E-state index contributed by atoms with van der Waals surface area (Å²) in [7, 11) is 0. The zero-order valence-corrected chi connectivity index (χ0v) is 18.5. The Hall–Kier alpha value is -2.54. The van der Waals surface area contributed by atoms with Crippen molar-refractivity contribution >= 4 is 35.0 Å². The van der Waals surface area contributed by atoms with E-state index in [9.17, 15) is 0 Å². The number of pyridine rings is 1. The number of benzene rings is 2. The molecule has 0 saturated carbocycles. The number of rotatable bonds is 7. The van der Waals surface area contributed by atoms with Gasteiger partial charge in [-0.3, -0.25) is 9.55 Å². The first-order valence-corrected chi connectivity index (χ1v) is 11.0. The highest BCUT2D eigenvalue weighted by Gasteiger charge is 2.17. The van der Waals surface area contributed by atoms with Crippen LogP contribution in [0, 0.1) is 6.92 Å². The molecule has 152 valence electrons. The van der Waals surface area contributed by atoms with Gasteiger partial charge in [-0.15, -0.1) is 10.2 Å². The van der Waals surface area contributed by atoms with Gasteiger partial charge in [-0.05, 0) is 48.9 Å². The molecule has 0 saturated heterocycles. The number of hydrogen-bond acceptors (Lipinski definition) is 5. The van der Waals surface area contributed by atoms with Crippen molar-refractivity contribution in [3.05, 3.63) is 82.6 Å². The minimum absolute atomic E-state index is 0.467. The van der Waals surface area contributed by atoms with Gasteiger partial charge in [0.25, 0.3) is 0 Å². The van der Waals surface area contributed by atoms with E-state index in [0.717, 1.165) is 27.8 Å². The molecule has 0 bridgehead atoms. The Morgan fingerprint density at radius 3 is 2.67 bits per heavy atom. The molecule has 0 aliphatic carbocycles. The van der Waals surface area contributed by atoms with E-state index in [4.69, 9.17) is 27.9 Å². The average Bonchev–Trinajstić information content (AvgIpc) is 3.17. The Morgan fingerprint density at radius 1 is 1.03 bits per heavy atom. The van der Waals surface area contributed by atoms with Gasteiger partial charge in [0.15, 0.2) is 11.0 Å². The molecule has 0 aliphatic heterocycles. The van der Waals surface area contributed by atoms with Crippen molar-refractivity contribution in [3.63, 3.8) is 0 Å². The average molecular weight is 457 g/mol. The third kappa shape index (κ3) is 4.61. The number of nitrogens with zero attached hydrogens (tertiary/aromatic N) is 4. The fraction of sp³-hybridized carbons (Fsp3) is 0.136. The summed E-state index contributed by atoms with van der Waals surface area (Å²) in [6.07, 6.45) is 3.53. The van der Waals surface area contributed by atoms with E-state index in [2.05, 4.69) is 38.8 Å². The summed E-state index contributed by atoms with van der Waals surface area (Å²) in [5.74, 6) is 2.04. The smallest absolute Gasteiger partial charge is 0.196 e. The zero-order chi connectivity index (χ0) is 20.9. The summed E-state index contributed by atoms with van der Waals surface area (Å²) in [6.45, 7) is 2.54. The predicted molar refractivity (Wildman–Crippen MR) is 122 cm³/mol. The highest BCUT2D eigenvalue weighted by Crippen LogP contribution is 2.30. The molecule has 0 atom stereocenters. The normalized spacial score (nSPS) is 10.9. The Balaban J connectivity index is 1.56. The third-order valence-electron chi connectivity index (χ3n) is 4.38. The Morgan fingerprint density at radius 2 is 1.90 bits per heavy atom. The maximum absolute atomic E-state index is 6.17. The molecule has 4 aromatic rings. The maximum Gasteiger partial charge on any atom is 0.196 e. The molecule has 2 aromatic heterocycles. The first-order chi connectivity index (χ1) is 14.6. The van der Waals surface area contributed by atoms with E-state index in [1.807, 2.05) is 24.3 Å². The van der Waals surface area contributed by atoms with Crippen LogP contribution in [0.2, 0.25) is 10.0 Å². The van der Waals surface area contributed by atoms with Crippen LogP contribution in [0.1, 0.15) is 5.56 Å². The highest BCUT2D eigenvalue weighted by atomic mass is 35.5. The van der Waals surface area contributed by atoms with Gasteiger partial charge in [0.1, 0.15) is 5.75 Å². The number of ether oxygens (including phenoxy) is 1. The monoisotopic (exact) mass is 456 g/mol. The number of halogens is 2. The van der Waals surface area contributed by atoms with Gasteiger partial charge in [0, 0.05) is 28.7 Å². The molecule has 8 heteroatoms. The molecular formula is C22H18Cl2N4OS. The Bertz CT molecular complexity index is 1150. The molecule has 2 aromatic carbocycles. The quantitative estimate of drug-likeness (QED) is 0.247. The van der Waals surface area contributed by atoms with E-state index < -0.39 is 0 Å². The number of thioether (sulfide) groups is 1. The van der Waals surface area contributed by atoms with E-state index >= 15 is 0 Å². The minimum atomic E-state index is 0.467. The van der Waals surface area contributed by atoms with Crippen LogP contribution in [0.4, 0.5) is 0 Å². The molecule has 0 fully saturated rings.